The number of thioether (sulfide) groups is 1. The van der Waals surface area contributed by atoms with E-state index in [-0.39, 0.29) is 5.82 Å². The topological polar surface area (TPSA) is 64.1 Å². The minimum absolute atomic E-state index is 0.318. The second-order valence-corrected chi connectivity index (χ2v) is 6.12. The molecule has 3 rings (SSSR count). The highest BCUT2D eigenvalue weighted by atomic mass is 32.2. The summed E-state index contributed by atoms with van der Waals surface area (Å²) >= 11 is 1.39. The van der Waals surface area contributed by atoms with Gasteiger partial charge in [0.2, 0.25) is 0 Å². The Morgan fingerprint density at radius 2 is 2.00 bits per heavy atom. The molecule has 0 radical (unpaired) electrons. The molecule has 0 fully saturated rings. The van der Waals surface area contributed by atoms with Crippen LogP contribution in [0.4, 0.5) is 4.39 Å². The van der Waals surface area contributed by atoms with Crippen LogP contribution in [0.25, 0.3) is 11.4 Å². The van der Waals surface area contributed by atoms with Crippen LogP contribution in [0.1, 0.15) is 17.4 Å². The first-order chi connectivity index (χ1) is 11.1. The molecule has 0 aliphatic rings. The van der Waals surface area contributed by atoms with Gasteiger partial charge in [0.05, 0.1) is 17.9 Å². The van der Waals surface area contributed by atoms with Crippen LogP contribution in [0.15, 0.2) is 46.2 Å². The number of benzene rings is 1. The van der Waals surface area contributed by atoms with Crippen molar-refractivity contribution in [2.75, 3.05) is 5.75 Å². The molecule has 0 saturated heterocycles. The quantitative estimate of drug-likeness (QED) is 0.726. The van der Waals surface area contributed by atoms with E-state index in [9.17, 15) is 9.50 Å². The largest absolute Gasteiger partial charge is 0.469 e. The summed E-state index contributed by atoms with van der Waals surface area (Å²) in [5, 5.41) is 19.2. The Labute approximate surface area is 137 Å². The minimum Gasteiger partial charge on any atom is -0.469 e. The Morgan fingerprint density at radius 1 is 1.26 bits per heavy atom. The van der Waals surface area contributed by atoms with Crippen LogP contribution in [-0.4, -0.2) is 25.6 Å². The molecule has 1 atom stereocenters. The third kappa shape index (κ3) is 3.30. The van der Waals surface area contributed by atoms with Crippen molar-refractivity contribution in [3.05, 3.63) is 53.7 Å². The van der Waals surface area contributed by atoms with Crippen LogP contribution in [0.5, 0.6) is 0 Å². The molecule has 1 N–H and O–H groups in total. The van der Waals surface area contributed by atoms with Gasteiger partial charge in [0.1, 0.15) is 11.6 Å². The number of hydrogen-bond donors (Lipinski definition) is 1. The highest BCUT2D eigenvalue weighted by Crippen LogP contribution is 2.28. The first-order valence-corrected chi connectivity index (χ1v) is 8.05. The first kappa shape index (κ1) is 15.8. The fraction of sp³-hybridized carbons (Fsp3) is 0.250. The van der Waals surface area contributed by atoms with E-state index >= 15 is 0 Å². The second kappa shape index (κ2) is 6.55. The van der Waals surface area contributed by atoms with Crippen molar-refractivity contribution in [2.45, 2.75) is 18.2 Å². The molecule has 7 heteroatoms. The van der Waals surface area contributed by atoms with Gasteiger partial charge in [-0.2, -0.15) is 0 Å². The van der Waals surface area contributed by atoms with E-state index in [1.807, 2.05) is 24.6 Å². The molecule has 0 bridgehead atoms. The monoisotopic (exact) mass is 333 g/mol. The van der Waals surface area contributed by atoms with E-state index in [0.29, 0.717) is 16.5 Å². The molecular formula is C16H16FN3O2S. The number of nitrogens with zero attached hydrogens (tertiary/aromatic N) is 3. The van der Waals surface area contributed by atoms with Crippen LogP contribution in [-0.2, 0) is 7.05 Å². The van der Waals surface area contributed by atoms with Gasteiger partial charge in [-0.25, -0.2) is 4.39 Å². The maximum absolute atomic E-state index is 12.9. The van der Waals surface area contributed by atoms with Crippen LogP contribution < -0.4 is 0 Å². The van der Waals surface area contributed by atoms with Crippen LogP contribution in [0.2, 0.25) is 0 Å². The summed E-state index contributed by atoms with van der Waals surface area (Å²) in [5.41, 5.74) is 1.57. The molecule has 0 saturated carbocycles. The Morgan fingerprint density at radius 3 is 2.65 bits per heavy atom. The van der Waals surface area contributed by atoms with Gasteiger partial charge in [0.15, 0.2) is 11.0 Å². The average molecular weight is 333 g/mol. The second-order valence-electron chi connectivity index (χ2n) is 5.13. The van der Waals surface area contributed by atoms with Gasteiger partial charge in [-0.15, -0.1) is 10.2 Å². The molecule has 0 amide bonds. The molecule has 2 heterocycles. The van der Waals surface area contributed by atoms with E-state index in [2.05, 4.69) is 10.2 Å². The number of hydrogen-bond acceptors (Lipinski definition) is 5. The smallest absolute Gasteiger partial charge is 0.191 e. The molecule has 5 nitrogen and oxygen atoms in total. The fourth-order valence-electron chi connectivity index (χ4n) is 2.23. The van der Waals surface area contributed by atoms with Gasteiger partial charge in [-0.3, -0.25) is 0 Å². The number of aryl methyl sites for hydroxylation is 1. The molecule has 23 heavy (non-hydrogen) atoms. The molecule has 0 aliphatic heterocycles. The van der Waals surface area contributed by atoms with Crippen molar-refractivity contribution >= 4 is 11.8 Å². The van der Waals surface area contributed by atoms with Crippen molar-refractivity contribution < 1.29 is 13.9 Å². The zero-order chi connectivity index (χ0) is 16.4. The molecule has 3 aromatic rings. The van der Waals surface area contributed by atoms with Gasteiger partial charge in [-0.1, -0.05) is 23.9 Å². The maximum Gasteiger partial charge on any atom is 0.191 e. The average Bonchev–Trinajstić information content (AvgIpc) is 3.11. The predicted molar refractivity (Wildman–Crippen MR) is 85.5 cm³/mol. The number of rotatable bonds is 5. The summed E-state index contributed by atoms with van der Waals surface area (Å²) in [7, 11) is 1.87. The standard InChI is InChI=1S/C16H16FN3O2S/c1-10-13(7-8-22-10)15-18-19-16(20(15)2)23-9-14(21)11-3-5-12(17)6-4-11/h3-8,14,21H,9H2,1-2H3. The fourth-order valence-corrected chi connectivity index (χ4v) is 3.10. The molecule has 2 aromatic heterocycles. The maximum atomic E-state index is 12.9. The summed E-state index contributed by atoms with van der Waals surface area (Å²) in [6, 6.07) is 7.69. The van der Waals surface area contributed by atoms with E-state index in [1.54, 1.807) is 18.4 Å². The van der Waals surface area contributed by atoms with Gasteiger partial charge in [0, 0.05) is 12.8 Å². The molecule has 1 aromatic carbocycles. The van der Waals surface area contributed by atoms with Gasteiger partial charge >= 0.3 is 0 Å². The van der Waals surface area contributed by atoms with Crippen LogP contribution >= 0.6 is 11.8 Å². The summed E-state index contributed by atoms with van der Waals surface area (Å²) < 4.78 is 20.1. The number of halogens is 1. The molecule has 120 valence electrons. The van der Waals surface area contributed by atoms with E-state index in [1.165, 1.54) is 23.9 Å². The number of furan rings is 1. The van der Waals surface area contributed by atoms with Crippen molar-refractivity contribution in [1.29, 1.82) is 0 Å². The highest BCUT2D eigenvalue weighted by molar-refractivity contribution is 7.99. The molecular weight excluding hydrogens is 317 g/mol. The normalized spacial score (nSPS) is 12.5. The number of aromatic nitrogens is 3. The SMILES string of the molecule is Cc1occc1-c1nnc(SCC(O)c2ccc(F)cc2)n1C. The van der Waals surface area contributed by atoms with Crippen LogP contribution in [0, 0.1) is 12.7 Å². The Kier molecular flexibility index (Phi) is 4.49. The van der Waals surface area contributed by atoms with Crippen molar-refractivity contribution in [3.8, 4) is 11.4 Å². The van der Waals surface area contributed by atoms with E-state index in [0.717, 1.165) is 17.1 Å². The lowest BCUT2D eigenvalue weighted by Gasteiger charge is -2.10. The van der Waals surface area contributed by atoms with Gasteiger partial charge in [-0.05, 0) is 30.7 Å². The zero-order valence-corrected chi connectivity index (χ0v) is 13.5. The van der Waals surface area contributed by atoms with Crippen molar-refractivity contribution in [2.24, 2.45) is 7.05 Å². The first-order valence-electron chi connectivity index (χ1n) is 7.06. The van der Waals surface area contributed by atoms with Crippen molar-refractivity contribution in [1.82, 2.24) is 14.8 Å². The third-order valence-corrected chi connectivity index (χ3v) is 4.66. The lowest BCUT2D eigenvalue weighted by atomic mass is 10.1. The Hall–Kier alpha value is -2.12. The van der Waals surface area contributed by atoms with Crippen molar-refractivity contribution in [3.63, 3.8) is 0 Å². The highest BCUT2D eigenvalue weighted by Gasteiger charge is 2.16. The van der Waals surface area contributed by atoms with Gasteiger partial charge < -0.3 is 14.1 Å². The van der Waals surface area contributed by atoms with E-state index in [4.69, 9.17) is 4.42 Å². The van der Waals surface area contributed by atoms with Crippen LogP contribution in [0.3, 0.4) is 0 Å². The Balaban J connectivity index is 1.71. The predicted octanol–water partition coefficient (Wildman–Crippen LogP) is 3.35. The molecule has 0 spiro atoms. The number of aliphatic hydroxyl groups is 1. The van der Waals surface area contributed by atoms with E-state index < -0.39 is 6.10 Å². The third-order valence-electron chi connectivity index (χ3n) is 3.56. The minimum atomic E-state index is -0.698. The number of aliphatic hydroxyl groups excluding tert-OH is 1. The summed E-state index contributed by atoms with van der Waals surface area (Å²) in [6.07, 6.45) is 0.918. The lowest BCUT2D eigenvalue weighted by Crippen LogP contribution is -2.02. The summed E-state index contributed by atoms with van der Waals surface area (Å²) in [4.78, 5) is 0. The zero-order valence-electron chi connectivity index (χ0n) is 12.7. The molecule has 1 unspecified atom stereocenters. The lowest BCUT2D eigenvalue weighted by molar-refractivity contribution is 0.204. The summed E-state index contributed by atoms with van der Waals surface area (Å²) in [5.74, 6) is 1.59. The molecule has 0 aliphatic carbocycles. The summed E-state index contributed by atoms with van der Waals surface area (Å²) in [6.45, 7) is 1.87. The Bertz CT molecular complexity index is 798. The van der Waals surface area contributed by atoms with Gasteiger partial charge in [0.25, 0.3) is 0 Å².